The smallest absolute Gasteiger partial charge is 0.196 e. The molecule has 0 fully saturated rings. The van der Waals surface area contributed by atoms with Gasteiger partial charge >= 0.3 is 0 Å². The second kappa shape index (κ2) is 7.43. The fourth-order valence-electron chi connectivity index (χ4n) is 3.56. The van der Waals surface area contributed by atoms with Crippen LogP contribution in [0.25, 0.3) is 22.9 Å². The number of nitrogens with zero attached hydrogens (tertiary/aromatic N) is 7. The largest absolute Gasteiger partial charge is 0.366 e. The van der Waals surface area contributed by atoms with Crippen molar-refractivity contribution in [2.45, 2.75) is 26.8 Å². The molecule has 0 saturated carbocycles. The van der Waals surface area contributed by atoms with Crippen LogP contribution in [0.1, 0.15) is 23.9 Å². The summed E-state index contributed by atoms with van der Waals surface area (Å²) in [5, 5.41) is 22.1. The van der Waals surface area contributed by atoms with E-state index in [9.17, 15) is 0 Å². The van der Waals surface area contributed by atoms with E-state index in [1.807, 2.05) is 16.6 Å². The second-order valence-electron chi connectivity index (χ2n) is 7.05. The number of hydrogen-bond acceptors (Lipinski definition) is 6. The number of aromatic amines is 1. The van der Waals surface area contributed by atoms with Crippen molar-refractivity contribution in [1.82, 2.24) is 39.8 Å². The predicted molar refractivity (Wildman–Crippen MR) is 113 cm³/mol. The van der Waals surface area contributed by atoms with Crippen LogP contribution < -0.4 is 5.32 Å². The van der Waals surface area contributed by atoms with Gasteiger partial charge in [0.05, 0.1) is 11.9 Å². The third-order valence-electron chi connectivity index (χ3n) is 5.11. The number of aromatic nitrogens is 8. The predicted octanol–water partition coefficient (Wildman–Crippen LogP) is 3.18. The molecule has 0 saturated heterocycles. The molecule has 150 valence electrons. The molecule has 0 bridgehead atoms. The molecule has 0 radical (unpaired) electrons. The lowest BCUT2D eigenvalue weighted by Gasteiger charge is -2.12. The van der Waals surface area contributed by atoms with Crippen molar-refractivity contribution in [3.8, 4) is 17.2 Å². The van der Waals surface area contributed by atoms with Crippen LogP contribution >= 0.6 is 0 Å². The molecule has 0 amide bonds. The van der Waals surface area contributed by atoms with Crippen molar-refractivity contribution in [3.05, 3.63) is 71.7 Å². The molecule has 5 aromatic rings. The topological polar surface area (TPSA) is 102 Å². The minimum atomic E-state index is 0.640. The van der Waals surface area contributed by atoms with Crippen molar-refractivity contribution in [2.24, 2.45) is 0 Å². The molecule has 30 heavy (non-hydrogen) atoms. The van der Waals surface area contributed by atoms with E-state index >= 15 is 0 Å². The number of nitrogens with one attached hydrogen (secondary N) is 2. The highest BCUT2D eigenvalue weighted by molar-refractivity contribution is 5.56. The Morgan fingerprint density at radius 1 is 1.07 bits per heavy atom. The maximum atomic E-state index is 4.59. The standard InChI is InChI=1S/C21H21N9/c1-3-16-12-20(30-19(24-16)10-11-23-30)22-13-15-5-7-17(8-6-15)29-14(2)4-9-18(29)21-25-27-28-26-21/h4-12,22H,3,13H2,1-2H3,(H,25,26,27,28). The molecule has 5 rings (SSSR count). The van der Waals surface area contributed by atoms with E-state index in [1.165, 1.54) is 5.56 Å². The van der Waals surface area contributed by atoms with Crippen LogP contribution in [0.4, 0.5) is 5.82 Å². The van der Waals surface area contributed by atoms with Gasteiger partial charge in [0.25, 0.3) is 0 Å². The van der Waals surface area contributed by atoms with Crippen LogP contribution in [-0.4, -0.2) is 39.8 Å². The highest BCUT2D eigenvalue weighted by atomic mass is 15.5. The number of rotatable bonds is 6. The summed E-state index contributed by atoms with van der Waals surface area (Å²) in [6.07, 6.45) is 2.65. The third-order valence-corrected chi connectivity index (χ3v) is 5.11. The van der Waals surface area contributed by atoms with Gasteiger partial charge in [-0.1, -0.05) is 19.1 Å². The Morgan fingerprint density at radius 3 is 2.70 bits per heavy atom. The van der Waals surface area contributed by atoms with Crippen molar-refractivity contribution < 1.29 is 0 Å². The zero-order valence-electron chi connectivity index (χ0n) is 16.7. The number of tetrazole rings is 1. The van der Waals surface area contributed by atoms with Gasteiger partial charge in [-0.15, -0.1) is 5.10 Å². The average Bonchev–Trinajstić information content (AvgIpc) is 3.52. The normalized spacial score (nSPS) is 11.3. The van der Waals surface area contributed by atoms with E-state index in [-0.39, 0.29) is 0 Å². The van der Waals surface area contributed by atoms with Crippen molar-refractivity contribution in [2.75, 3.05) is 5.32 Å². The Kier molecular flexibility index (Phi) is 4.47. The minimum absolute atomic E-state index is 0.640. The van der Waals surface area contributed by atoms with Gasteiger partial charge in [0.2, 0.25) is 0 Å². The van der Waals surface area contributed by atoms with Crippen LogP contribution in [0, 0.1) is 6.92 Å². The van der Waals surface area contributed by atoms with Gasteiger partial charge in [0.15, 0.2) is 11.5 Å². The molecule has 0 unspecified atom stereocenters. The quantitative estimate of drug-likeness (QED) is 0.455. The van der Waals surface area contributed by atoms with E-state index in [2.05, 4.69) is 90.8 Å². The maximum absolute atomic E-state index is 4.59. The molecule has 4 aromatic heterocycles. The van der Waals surface area contributed by atoms with Gasteiger partial charge in [0, 0.05) is 35.8 Å². The molecule has 0 aliphatic carbocycles. The first-order chi connectivity index (χ1) is 14.7. The fourth-order valence-corrected chi connectivity index (χ4v) is 3.56. The molecule has 0 aliphatic rings. The molecule has 0 atom stereocenters. The van der Waals surface area contributed by atoms with Crippen LogP contribution in [0.2, 0.25) is 0 Å². The first kappa shape index (κ1) is 18.0. The van der Waals surface area contributed by atoms with Gasteiger partial charge < -0.3 is 9.88 Å². The van der Waals surface area contributed by atoms with Crippen LogP contribution in [0.3, 0.4) is 0 Å². The summed E-state index contributed by atoms with van der Waals surface area (Å²) in [5.41, 5.74) is 6.15. The molecule has 0 aliphatic heterocycles. The number of fused-ring (bicyclic) bond motifs is 1. The molecular formula is C21H21N9. The summed E-state index contributed by atoms with van der Waals surface area (Å²) in [6, 6.07) is 16.5. The lowest BCUT2D eigenvalue weighted by Crippen LogP contribution is -2.07. The van der Waals surface area contributed by atoms with E-state index < -0.39 is 0 Å². The second-order valence-corrected chi connectivity index (χ2v) is 7.05. The number of hydrogen-bond donors (Lipinski definition) is 2. The molecule has 9 nitrogen and oxygen atoms in total. The molecule has 4 heterocycles. The van der Waals surface area contributed by atoms with E-state index in [4.69, 9.17) is 0 Å². The number of benzene rings is 1. The SMILES string of the molecule is CCc1cc(NCc2ccc(-n3c(C)ccc3-c3nnn[nH]3)cc2)n2nccc2n1. The zero-order valence-corrected chi connectivity index (χ0v) is 16.7. The Morgan fingerprint density at radius 2 is 1.93 bits per heavy atom. The fraction of sp³-hybridized carbons (Fsp3) is 0.190. The Hall–Kier alpha value is -4.01. The summed E-state index contributed by atoms with van der Waals surface area (Å²) >= 11 is 0. The molecular weight excluding hydrogens is 378 g/mol. The highest BCUT2D eigenvalue weighted by Gasteiger charge is 2.12. The van der Waals surface area contributed by atoms with Gasteiger partial charge in [-0.05, 0) is 53.6 Å². The van der Waals surface area contributed by atoms with E-state index in [1.54, 1.807) is 6.20 Å². The molecule has 2 N–H and O–H groups in total. The van der Waals surface area contributed by atoms with Gasteiger partial charge in [0.1, 0.15) is 5.82 Å². The van der Waals surface area contributed by atoms with Gasteiger partial charge in [-0.25, -0.2) is 10.1 Å². The minimum Gasteiger partial charge on any atom is -0.366 e. The zero-order chi connectivity index (χ0) is 20.5. The summed E-state index contributed by atoms with van der Waals surface area (Å²) in [6.45, 7) is 4.85. The van der Waals surface area contributed by atoms with Crippen molar-refractivity contribution >= 4 is 11.5 Å². The number of H-pyrrole nitrogens is 1. The Balaban J connectivity index is 1.39. The number of aryl methyl sites for hydroxylation is 2. The Bertz CT molecular complexity index is 1280. The Labute approximate surface area is 172 Å². The lowest BCUT2D eigenvalue weighted by molar-refractivity contribution is 0.881. The van der Waals surface area contributed by atoms with E-state index in [0.717, 1.165) is 40.7 Å². The van der Waals surface area contributed by atoms with Crippen molar-refractivity contribution in [1.29, 1.82) is 0 Å². The van der Waals surface area contributed by atoms with Crippen LogP contribution in [-0.2, 0) is 13.0 Å². The molecule has 1 aromatic carbocycles. The first-order valence-corrected chi connectivity index (χ1v) is 9.82. The summed E-state index contributed by atoms with van der Waals surface area (Å²) in [5.74, 6) is 1.58. The summed E-state index contributed by atoms with van der Waals surface area (Å²) < 4.78 is 3.96. The lowest BCUT2D eigenvalue weighted by atomic mass is 10.2. The molecule has 0 spiro atoms. The monoisotopic (exact) mass is 399 g/mol. The summed E-state index contributed by atoms with van der Waals surface area (Å²) in [4.78, 5) is 4.59. The van der Waals surface area contributed by atoms with Crippen molar-refractivity contribution in [3.63, 3.8) is 0 Å². The third kappa shape index (κ3) is 3.20. The number of anilines is 1. The highest BCUT2D eigenvalue weighted by Crippen LogP contribution is 2.24. The summed E-state index contributed by atoms with van der Waals surface area (Å²) in [7, 11) is 0. The van der Waals surface area contributed by atoms with Gasteiger partial charge in [-0.2, -0.15) is 9.61 Å². The van der Waals surface area contributed by atoms with Gasteiger partial charge in [-0.3, -0.25) is 0 Å². The van der Waals surface area contributed by atoms with Crippen LogP contribution in [0.5, 0.6) is 0 Å². The first-order valence-electron chi connectivity index (χ1n) is 9.82. The average molecular weight is 399 g/mol. The molecule has 9 heteroatoms. The van der Waals surface area contributed by atoms with Crippen LogP contribution in [0.15, 0.2) is 54.7 Å². The maximum Gasteiger partial charge on any atom is 0.196 e. The van der Waals surface area contributed by atoms with E-state index in [0.29, 0.717) is 12.4 Å².